The summed E-state index contributed by atoms with van der Waals surface area (Å²) >= 11 is 0. The monoisotopic (exact) mass is 451 g/mol. The summed E-state index contributed by atoms with van der Waals surface area (Å²) in [5.41, 5.74) is 3.88. The Morgan fingerprint density at radius 1 is 1.00 bits per heavy atom. The van der Waals surface area contributed by atoms with Gasteiger partial charge in [-0.25, -0.2) is 4.39 Å². The lowest BCUT2D eigenvalue weighted by Crippen LogP contribution is -2.34. The first-order valence-electron chi connectivity index (χ1n) is 11.3. The molecule has 1 heterocycles. The first-order chi connectivity index (χ1) is 16.0. The summed E-state index contributed by atoms with van der Waals surface area (Å²) in [6, 6.07) is 16.0. The van der Waals surface area contributed by atoms with E-state index in [1.165, 1.54) is 0 Å². The molecule has 0 atom stereocenters. The molecule has 0 amide bonds. The van der Waals surface area contributed by atoms with Crippen molar-refractivity contribution in [2.24, 2.45) is 0 Å². The molecule has 0 unspecified atom stereocenters. The number of carbonyl (C=O) groups is 1. The van der Waals surface area contributed by atoms with Crippen molar-refractivity contribution in [1.82, 2.24) is 4.90 Å². The van der Waals surface area contributed by atoms with Gasteiger partial charge in [0.05, 0.1) is 19.8 Å². The number of likely N-dealkylation sites (tertiary alicyclic amines) is 1. The smallest absolute Gasteiger partial charge is 0.303 e. The molecule has 5 nitrogen and oxygen atoms in total. The van der Waals surface area contributed by atoms with E-state index in [0.29, 0.717) is 31.6 Å². The molecule has 3 aromatic carbocycles. The highest BCUT2D eigenvalue weighted by Crippen LogP contribution is 2.44. The first kappa shape index (κ1) is 23.1. The summed E-state index contributed by atoms with van der Waals surface area (Å²) < 4.78 is 25.3. The van der Waals surface area contributed by atoms with Crippen LogP contribution in [-0.2, 0) is 17.8 Å². The Hall–Kier alpha value is -3.12. The van der Waals surface area contributed by atoms with Crippen molar-refractivity contribution < 1.29 is 23.8 Å². The molecule has 174 valence electrons. The van der Waals surface area contributed by atoms with Crippen LogP contribution in [0.4, 0.5) is 4.39 Å². The molecular formula is C27H30FNO4. The number of ether oxygens (including phenoxy) is 2. The van der Waals surface area contributed by atoms with Crippen LogP contribution < -0.4 is 9.47 Å². The number of methoxy groups -OCH3 is 2. The maximum absolute atomic E-state index is 13.6. The number of benzene rings is 3. The van der Waals surface area contributed by atoms with Gasteiger partial charge >= 0.3 is 5.97 Å². The predicted molar refractivity (Wildman–Crippen MR) is 128 cm³/mol. The molecule has 3 aromatic rings. The minimum atomic E-state index is -0.809. The van der Waals surface area contributed by atoms with E-state index in [9.17, 15) is 9.18 Å². The lowest BCUT2D eigenvalue weighted by molar-refractivity contribution is -0.136. The summed E-state index contributed by atoms with van der Waals surface area (Å²) in [5, 5.41) is 11.2. The number of hydrogen-bond acceptors (Lipinski definition) is 4. The molecule has 33 heavy (non-hydrogen) atoms. The number of fused-ring (bicyclic) bond motifs is 1. The fraction of sp³-hybridized carbons (Fsp3) is 0.370. The Labute approximate surface area is 193 Å². The molecule has 1 N–H and O–H groups in total. The minimum Gasteiger partial charge on any atom is -0.496 e. The second-order valence-electron chi connectivity index (χ2n) is 8.50. The van der Waals surface area contributed by atoms with Crippen molar-refractivity contribution in [3.63, 3.8) is 0 Å². The van der Waals surface area contributed by atoms with Gasteiger partial charge in [0.15, 0.2) is 0 Å². The summed E-state index contributed by atoms with van der Waals surface area (Å²) in [5.74, 6) is 0.651. The van der Waals surface area contributed by atoms with Gasteiger partial charge in [-0.15, -0.1) is 0 Å². The van der Waals surface area contributed by atoms with Crippen LogP contribution in [0, 0.1) is 0 Å². The number of carboxylic acids is 1. The molecule has 0 bridgehead atoms. The van der Waals surface area contributed by atoms with Gasteiger partial charge in [0.1, 0.15) is 17.7 Å². The standard InChI is InChI=1S/C27H30FNO4/c1-32-24-11-9-19(17-29-15-13-20(28)14-16-29)27(33-2)26(24)23-8-4-6-21-18(10-12-25(30)31)5-3-7-22(21)23/h3-9,11,20H,10,12-17H2,1-2H3,(H,30,31). The summed E-state index contributed by atoms with van der Waals surface area (Å²) in [7, 11) is 3.31. The molecule has 1 fully saturated rings. The van der Waals surface area contributed by atoms with Crippen molar-refractivity contribution in [1.29, 1.82) is 0 Å². The third-order valence-electron chi connectivity index (χ3n) is 6.43. The number of aliphatic carboxylic acids is 1. The largest absolute Gasteiger partial charge is 0.496 e. The summed E-state index contributed by atoms with van der Waals surface area (Å²) in [6.45, 7) is 2.14. The van der Waals surface area contributed by atoms with E-state index in [-0.39, 0.29) is 6.42 Å². The van der Waals surface area contributed by atoms with Crippen LogP contribution in [0.25, 0.3) is 21.9 Å². The fourth-order valence-corrected chi connectivity index (χ4v) is 4.74. The van der Waals surface area contributed by atoms with E-state index in [2.05, 4.69) is 4.90 Å². The van der Waals surface area contributed by atoms with E-state index in [1.807, 2.05) is 48.5 Å². The number of hydrogen-bond donors (Lipinski definition) is 1. The second kappa shape index (κ2) is 10.2. The first-order valence-corrected chi connectivity index (χ1v) is 11.3. The van der Waals surface area contributed by atoms with Crippen molar-refractivity contribution in [2.45, 2.75) is 38.4 Å². The van der Waals surface area contributed by atoms with Crippen molar-refractivity contribution in [3.8, 4) is 22.6 Å². The summed E-state index contributed by atoms with van der Waals surface area (Å²) in [6.07, 6.45) is 0.970. The molecule has 1 saturated heterocycles. The number of nitrogens with zero attached hydrogens (tertiary/aromatic N) is 1. The van der Waals surface area contributed by atoms with Gasteiger partial charge in [0, 0.05) is 31.6 Å². The van der Waals surface area contributed by atoms with Gasteiger partial charge in [-0.2, -0.15) is 0 Å². The molecule has 1 aliphatic rings. The van der Waals surface area contributed by atoms with Gasteiger partial charge in [0.25, 0.3) is 0 Å². The zero-order chi connectivity index (χ0) is 23.4. The number of alkyl halides is 1. The molecule has 0 radical (unpaired) electrons. The average Bonchev–Trinajstić information content (AvgIpc) is 2.83. The van der Waals surface area contributed by atoms with Crippen LogP contribution in [0.3, 0.4) is 0 Å². The van der Waals surface area contributed by atoms with Crippen molar-refractivity contribution >= 4 is 16.7 Å². The second-order valence-corrected chi connectivity index (χ2v) is 8.50. The maximum atomic E-state index is 13.6. The van der Waals surface area contributed by atoms with E-state index >= 15 is 0 Å². The van der Waals surface area contributed by atoms with Crippen LogP contribution in [-0.4, -0.2) is 49.5 Å². The van der Waals surface area contributed by atoms with Crippen LogP contribution in [0.15, 0.2) is 48.5 Å². The van der Waals surface area contributed by atoms with Crippen molar-refractivity contribution in [3.05, 3.63) is 59.7 Å². The molecule has 0 aliphatic carbocycles. The lowest BCUT2D eigenvalue weighted by Gasteiger charge is -2.29. The third kappa shape index (κ3) is 4.96. The van der Waals surface area contributed by atoms with Gasteiger partial charge in [-0.05, 0) is 47.2 Å². The maximum Gasteiger partial charge on any atom is 0.303 e. The van der Waals surface area contributed by atoms with E-state index in [4.69, 9.17) is 14.6 Å². The number of carboxylic acid groups (broad SMARTS) is 1. The van der Waals surface area contributed by atoms with Crippen LogP contribution in [0.1, 0.15) is 30.4 Å². The van der Waals surface area contributed by atoms with E-state index in [1.54, 1.807) is 14.2 Å². The van der Waals surface area contributed by atoms with Gasteiger partial charge in [-0.3, -0.25) is 9.69 Å². The van der Waals surface area contributed by atoms with Crippen LogP contribution in [0.5, 0.6) is 11.5 Å². The topological polar surface area (TPSA) is 59.0 Å². The lowest BCUT2D eigenvalue weighted by atomic mass is 9.92. The summed E-state index contributed by atoms with van der Waals surface area (Å²) in [4.78, 5) is 13.4. The number of aryl methyl sites for hydroxylation is 1. The SMILES string of the molecule is COc1ccc(CN2CCC(F)CC2)c(OC)c1-c1cccc2c(CCC(=O)O)cccc12. The minimum absolute atomic E-state index is 0.0844. The molecule has 1 aliphatic heterocycles. The normalized spacial score (nSPS) is 15.0. The Morgan fingerprint density at radius 3 is 2.42 bits per heavy atom. The Kier molecular flexibility index (Phi) is 7.14. The Balaban J connectivity index is 1.80. The van der Waals surface area contributed by atoms with Gasteiger partial charge < -0.3 is 14.6 Å². The fourth-order valence-electron chi connectivity index (χ4n) is 4.74. The highest BCUT2D eigenvalue weighted by molar-refractivity contribution is 6.01. The molecule has 0 aromatic heterocycles. The zero-order valence-electron chi connectivity index (χ0n) is 19.1. The molecule has 0 spiro atoms. The molecule has 0 saturated carbocycles. The molecular weight excluding hydrogens is 421 g/mol. The number of halogens is 1. The quantitative estimate of drug-likeness (QED) is 0.492. The Morgan fingerprint density at radius 2 is 1.73 bits per heavy atom. The van der Waals surface area contributed by atoms with Gasteiger partial charge in [-0.1, -0.05) is 42.5 Å². The zero-order valence-corrected chi connectivity index (χ0v) is 19.1. The Bertz CT molecular complexity index is 1140. The number of rotatable bonds is 8. The van der Waals surface area contributed by atoms with Crippen LogP contribution >= 0.6 is 0 Å². The number of piperidine rings is 1. The van der Waals surface area contributed by atoms with Crippen LogP contribution in [0.2, 0.25) is 0 Å². The molecule has 4 rings (SSSR count). The van der Waals surface area contributed by atoms with Gasteiger partial charge in [0.2, 0.25) is 0 Å². The third-order valence-corrected chi connectivity index (χ3v) is 6.43. The average molecular weight is 452 g/mol. The molecule has 6 heteroatoms. The predicted octanol–water partition coefficient (Wildman–Crippen LogP) is 5.48. The highest BCUT2D eigenvalue weighted by atomic mass is 19.1. The van der Waals surface area contributed by atoms with E-state index < -0.39 is 12.1 Å². The van der Waals surface area contributed by atoms with Crippen molar-refractivity contribution in [2.75, 3.05) is 27.3 Å². The highest BCUT2D eigenvalue weighted by Gasteiger charge is 2.23. The van der Waals surface area contributed by atoms with E-state index in [0.717, 1.165) is 51.9 Å².